The van der Waals surface area contributed by atoms with Crippen molar-refractivity contribution in [2.24, 2.45) is 17.3 Å². The van der Waals surface area contributed by atoms with Gasteiger partial charge < -0.3 is 0 Å². The number of hydrogen-bond acceptors (Lipinski definition) is 0. The van der Waals surface area contributed by atoms with Gasteiger partial charge in [-0.25, -0.2) is 0 Å². The molecule has 0 heteroatoms. The first-order valence-electron chi connectivity index (χ1n) is 5.31. The fraction of sp³-hybridized carbons (Fsp3) is 0.833. The van der Waals surface area contributed by atoms with Crippen LogP contribution in [0.25, 0.3) is 0 Å². The maximum absolute atomic E-state index is 2.45. The quantitative estimate of drug-likeness (QED) is 0.555. The first-order valence-corrected chi connectivity index (χ1v) is 5.31. The average molecular weight is 166 g/mol. The second-order valence-corrected chi connectivity index (χ2v) is 4.56. The predicted molar refractivity (Wildman–Crippen MR) is 55.1 cm³/mol. The Labute approximate surface area is 77.1 Å². The van der Waals surface area contributed by atoms with Gasteiger partial charge in [0.25, 0.3) is 0 Å². The molecule has 0 aromatic carbocycles. The van der Waals surface area contributed by atoms with Crippen LogP contribution >= 0.6 is 0 Å². The molecule has 2 unspecified atom stereocenters. The van der Waals surface area contributed by atoms with Crippen molar-refractivity contribution >= 4 is 0 Å². The van der Waals surface area contributed by atoms with E-state index in [1.54, 1.807) is 0 Å². The zero-order chi connectivity index (χ0) is 9.19. The van der Waals surface area contributed by atoms with Crippen LogP contribution in [0.2, 0.25) is 0 Å². The zero-order valence-electron chi connectivity index (χ0n) is 8.93. The summed E-state index contributed by atoms with van der Waals surface area (Å²) in [6.45, 7) is 9.38. The average Bonchev–Trinajstić information content (AvgIpc) is 2.34. The number of hydrogen-bond donors (Lipinski definition) is 0. The molecule has 12 heavy (non-hydrogen) atoms. The van der Waals surface area contributed by atoms with Gasteiger partial charge >= 0.3 is 0 Å². The van der Waals surface area contributed by atoms with E-state index in [9.17, 15) is 0 Å². The minimum atomic E-state index is 0.503. The van der Waals surface area contributed by atoms with Crippen molar-refractivity contribution in [3.8, 4) is 0 Å². The van der Waals surface area contributed by atoms with E-state index in [1.165, 1.54) is 19.3 Å². The molecule has 0 N–H and O–H groups in total. The molecule has 1 aliphatic carbocycles. The summed E-state index contributed by atoms with van der Waals surface area (Å²) in [5, 5.41) is 0. The molecule has 0 nitrogen and oxygen atoms in total. The maximum atomic E-state index is 2.45. The first-order chi connectivity index (χ1) is 5.62. The largest absolute Gasteiger partial charge is 0.0851 e. The van der Waals surface area contributed by atoms with Gasteiger partial charge in [-0.3, -0.25) is 0 Å². The van der Waals surface area contributed by atoms with Gasteiger partial charge in [0.05, 0.1) is 0 Å². The van der Waals surface area contributed by atoms with Crippen LogP contribution in [0.5, 0.6) is 0 Å². The zero-order valence-corrected chi connectivity index (χ0v) is 8.93. The maximum Gasteiger partial charge on any atom is -0.0113 e. The molecule has 70 valence electrons. The number of rotatable bonds is 3. The molecule has 0 bridgehead atoms. The minimum absolute atomic E-state index is 0.503. The lowest BCUT2D eigenvalue weighted by Gasteiger charge is -2.32. The molecule has 0 saturated heterocycles. The summed E-state index contributed by atoms with van der Waals surface area (Å²) in [7, 11) is 0. The van der Waals surface area contributed by atoms with Crippen molar-refractivity contribution in [3.63, 3.8) is 0 Å². The van der Waals surface area contributed by atoms with Gasteiger partial charge in [-0.15, -0.1) is 0 Å². The Bertz CT molecular complexity index is 165. The second kappa shape index (κ2) is 3.64. The smallest absolute Gasteiger partial charge is 0.0113 e. The Morgan fingerprint density at radius 1 is 1.42 bits per heavy atom. The predicted octanol–water partition coefficient (Wildman–Crippen LogP) is 4.02. The minimum Gasteiger partial charge on any atom is -0.0851 e. The van der Waals surface area contributed by atoms with E-state index in [1.807, 2.05) is 0 Å². The molecule has 2 atom stereocenters. The highest BCUT2D eigenvalue weighted by Crippen LogP contribution is 2.44. The van der Waals surface area contributed by atoms with E-state index in [2.05, 4.69) is 39.8 Å². The van der Waals surface area contributed by atoms with Crippen LogP contribution in [-0.4, -0.2) is 0 Å². The van der Waals surface area contributed by atoms with Crippen molar-refractivity contribution in [2.45, 2.75) is 47.0 Å². The summed E-state index contributed by atoms with van der Waals surface area (Å²) in [6.07, 6.45) is 8.85. The molecular formula is C12H22. The summed E-state index contributed by atoms with van der Waals surface area (Å²) < 4.78 is 0. The van der Waals surface area contributed by atoms with Gasteiger partial charge in [-0.1, -0.05) is 52.7 Å². The Kier molecular flexibility index (Phi) is 2.98. The SMILES string of the molecule is CCC(CC)C1(C)C=CC(C)C1. The summed E-state index contributed by atoms with van der Waals surface area (Å²) in [4.78, 5) is 0. The summed E-state index contributed by atoms with van der Waals surface area (Å²) in [6, 6.07) is 0. The fourth-order valence-corrected chi connectivity index (χ4v) is 2.74. The molecule has 0 fully saturated rings. The van der Waals surface area contributed by atoms with E-state index in [0.717, 1.165) is 11.8 Å². The monoisotopic (exact) mass is 166 g/mol. The fourth-order valence-electron chi connectivity index (χ4n) is 2.74. The molecule has 0 amide bonds. The highest BCUT2D eigenvalue weighted by molar-refractivity contribution is 5.09. The highest BCUT2D eigenvalue weighted by Gasteiger charge is 2.33. The van der Waals surface area contributed by atoms with Crippen LogP contribution < -0.4 is 0 Å². The van der Waals surface area contributed by atoms with Gasteiger partial charge in [-0.05, 0) is 23.7 Å². The second-order valence-electron chi connectivity index (χ2n) is 4.56. The highest BCUT2D eigenvalue weighted by atomic mass is 14.4. The van der Waals surface area contributed by atoms with Gasteiger partial charge in [0, 0.05) is 0 Å². The molecule has 0 aromatic rings. The third kappa shape index (κ3) is 1.73. The molecule has 1 rings (SSSR count). The lowest BCUT2D eigenvalue weighted by Crippen LogP contribution is -2.22. The standard InChI is InChI=1S/C12H22/c1-5-11(6-2)12(4)8-7-10(3)9-12/h7-8,10-11H,5-6,9H2,1-4H3. The lowest BCUT2D eigenvalue weighted by atomic mass is 9.73. The van der Waals surface area contributed by atoms with Crippen LogP contribution in [0.3, 0.4) is 0 Å². The van der Waals surface area contributed by atoms with Crippen molar-refractivity contribution < 1.29 is 0 Å². The lowest BCUT2D eigenvalue weighted by molar-refractivity contribution is 0.221. The molecular weight excluding hydrogens is 144 g/mol. The van der Waals surface area contributed by atoms with Crippen LogP contribution in [0.15, 0.2) is 12.2 Å². The molecule has 0 aromatic heterocycles. The van der Waals surface area contributed by atoms with E-state index in [-0.39, 0.29) is 0 Å². The van der Waals surface area contributed by atoms with Gasteiger partial charge in [0.2, 0.25) is 0 Å². The summed E-state index contributed by atoms with van der Waals surface area (Å²) in [5.74, 6) is 1.69. The first kappa shape index (κ1) is 9.83. The van der Waals surface area contributed by atoms with E-state index in [4.69, 9.17) is 0 Å². The topological polar surface area (TPSA) is 0 Å². The number of allylic oxidation sites excluding steroid dienone is 2. The van der Waals surface area contributed by atoms with Crippen molar-refractivity contribution in [1.29, 1.82) is 0 Å². The molecule has 0 aliphatic heterocycles. The molecule has 0 heterocycles. The Morgan fingerprint density at radius 2 is 2.00 bits per heavy atom. The van der Waals surface area contributed by atoms with Crippen molar-refractivity contribution in [3.05, 3.63) is 12.2 Å². The summed E-state index contributed by atoms with van der Waals surface area (Å²) in [5.41, 5.74) is 0.503. The van der Waals surface area contributed by atoms with E-state index < -0.39 is 0 Å². The van der Waals surface area contributed by atoms with Crippen LogP contribution in [0.4, 0.5) is 0 Å². The Balaban J connectivity index is 2.65. The molecule has 0 spiro atoms. The van der Waals surface area contributed by atoms with Crippen LogP contribution in [0, 0.1) is 17.3 Å². The molecule has 0 saturated carbocycles. The Hall–Kier alpha value is -0.260. The van der Waals surface area contributed by atoms with Gasteiger partial charge in [-0.2, -0.15) is 0 Å². The van der Waals surface area contributed by atoms with E-state index in [0.29, 0.717) is 5.41 Å². The van der Waals surface area contributed by atoms with Crippen molar-refractivity contribution in [1.82, 2.24) is 0 Å². The van der Waals surface area contributed by atoms with Crippen LogP contribution in [-0.2, 0) is 0 Å². The van der Waals surface area contributed by atoms with Crippen molar-refractivity contribution in [2.75, 3.05) is 0 Å². The molecule has 1 aliphatic rings. The Morgan fingerprint density at radius 3 is 2.33 bits per heavy atom. The van der Waals surface area contributed by atoms with E-state index >= 15 is 0 Å². The van der Waals surface area contributed by atoms with Crippen LogP contribution in [0.1, 0.15) is 47.0 Å². The third-order valence-electron chi connectivity index (χ3n) is 3.49. The van der Waals surface area contributed by atoms with Gasteiger partial charge in [0.1, 0.15) is 0 Å². The summed E-state index contributed by atoms with van der Waals surface area (Å²) >= 11 is 0. The third-order valence-corrected chi connectivity index (χ3v) is 3.49. The normalized spacial score (nSPS) is 34.9. The van der Waals surface area contributed by atoms with Gasteiger partial charge in [0.15, 0.2) is 0 Å². The molecule has 0 radical (unpaired) electrons.